The summed E-state index contributed by atoms with van der Waals surface area (Å²) in [7, 11) is 0. The molecule has 0 fully saturated rings. The fourth-order valence-electron chi connectivity index (χ4n) is 0.988. The Hall–Kier alpha value is -0.380. The van der Waals surface area contributed by atoms with Crippen LogP contribution < -0.4 is 5.73 Å². The zero-order valence-corrected chi connectivity index (χ0v) is 10.3. The molecule has 2 nitrogen and oxygen atoms in total. The summed E-state index contributed by atoms with van der Waals surface area (Å²) >= 11 is 3.35. The first-order chi connectivity index (χ1) is 6.72. The number of hydrogen-bond donors (Lipinski definition) is 2. The molecule has 0 saturated carbocycles. The molecule has 1 unspecified atom stereocenters. The van der Waals surface area contributed by atoms with Gasteiger partial charge in [0.1, 0.15) is 0 Å². The lowest BCUT2D eigenvalue weighted by Gasteiger charge is -2.07. The van der Waals surface area contributed by atoms with Gasteiger partial charge >= 0.3 is 0 Å². The average Bonchev–Trinajstić information content (AvgIpc) is 2.24. The van der Waals surface area contributed by atoms with Crippen LogP contribution in [0.15, 0.2) is 28.7 Å². The molecule has 0 aliphatic rings. The van der Waals surface area contributed by atoms with Crippen molar-refractivity contribution in [2.24, 2.45) is 5.73 Å². The fourth-order valence-corrected chi connectivity index (χ4v) is 1.25. The Morgan fingerprint density at radius 3 is 2.21 bits per heavy atom. The fraction of sp³-hybridized carbons (Fsp3) is 0.455. The summed E-state index contributed by atoms with van der Waals surface area (Å²) in [4.78, 5) is 0. The Bertz CT molecular complexity index is 236. The maximum Gasteiger partial charge on any atom is 0.0585 e. The summed E-state index contributed by atoms with van der Waals surface area (Å²) < 4.78 is 1.06. The van der Waals surface area contributed by atoms with Crippen molar-refractivity contribution in [1.29, 1.82) is 0 Å². The van der Waals surface area contributed by atoms with Gasteiger partial charge in [-0.05, 0) is 24.1 Å². The van der Waals surface area contributed by atoms with Crippen molar-refractivity contribution in [3.8, 4) is 0 Å². The molecule has 1 aromatic carbocycles. The number of rotatable bonds is 3. The molecule has 0 aliphatic carbocycles. The van der Waals surface area contributed by atoms with Crippen molar-refractivity contribution in [2.75, 3.05) is 6.61 Å². The van der Waals surface area contributed by atoms with Gasteiger partial charge in [-0.3, -0.25) is 0 Å². The first-order valence-corrected chi connectivity index (χ1v) is 5.62. The van der Waals surface area contributed by atoms with Gasteiger partial charge in [0, 0.05) is 10.5 Å². The van der Waals surface area contributed by atoms with Crippen molar-refractivity contribution in [1.82, 2.24) is 0 Å². The van der Waals surface area contributed by atoms with Crippen molar-refractivity contribution in [3.63, 3.8) is 0 Å². The van der Waals surface area contributed by atoms with Gasteiger partial charge in [0.25, 0.3) is 0 Å². The van der Waals surface area contributed by atoms with Gasteiger partial charge in [-0.1, -0.05) is 41.9 Å². The smallest absolute Gasteiger partial charge is 0.0585 e. The van der Waals surface area contributed by atoms with E-state index < -0.39 is 0 Å². The number of aliphatic hydroxyl groups is 1. The molecule has 0 radical (unpaired) electrons. The van der Waals surface area contributed by atoms with Crippen LogP contribution in [0.2, 0.25) is 0 Å². The van der Waals surface area contributed by atoms with E-state index in [9.17, 15) is 0 Å². The van der Waals surface area contributed by atoms with Crippen molar-refractivity contribution in [2.45, 2.75) is 26.3 Å². The van der Waals surface area contributed by atoms with Crippen LogP contribution in [0.4, 0.5) is 0 Å². The second-order valence-electron chi connectivity index (χ2n) is 2.77. The van der Waals surface area contributed by atoms with E-state index in [-0.39, 0.29) is 12.6 Å². The van der Waals surface area contributed by atoms with Crippen LogP contribution in [-0.2, 0) is 6.42 Å². The maximum absolute atomic E-state index is 8.72. The van der Waals surface area contributed by atoms with Crippen LogP contribution >= 0.6 is 15.9 Å². The van der Waals surface area contributed by atoms with Crippen LogP contribution in [0.5, 0.6) is 0 Å². The molecular formula is C11H18BrNO. The summed E-state index contributed by atoms with van der Waals surface area (Å²) in [6, 6.07) is 7.80. The molecular weight excluding hydrogens is 242 g/mol. The molecule has 80 valence electrons. The van der Waals surface area contributed by atoms with Crippen molar-refractivity contribution < 1.29 is 5.11 Å². The molecule has 0 heterocycles. The zero-order valence-electron chi connectivity index (χ0n) is 8.70. The van der Waals surface area contributed by atoms with Gasteiger partial charge in [-0.15, -0.1) is 0 Å². The van der Waals surface area contributed by atoms with E-state index in [1.165, 1.54) is 0 Å². The first-order valence-electron chi connectivity index (χ1n) is 4.83. The second-order valence-corrected chi connectivity index (χ2v) is 3.69. The van der Waals surface area contributed by atoms with Gasteiger partial charge < -0.3 is 10.8 Å². The summed E-state index contributed by atoms with van der Waals surface area (Å²) in [6.45, 7) is 4.04. The standard InChI is InChI=1S/C9H12BrNO.C2H6/c10-8-3-1-7(2-4-8)5-9(11)6-12;1-2/h1-4,9,12H,5-6,11H2;1-2H3. The van der Waals surface area contributed by atoms with E-state index in [0.29, 0.717) is 0 Å². The highest BCUT2D eigenvalue weighted by atomic mass is 79.9. The predicted octanol–water partition coefficient (Wildman–Crippen LogP) is 2.34. The quantitative estimate of drug-likeness (QED) is 0.876. The highest BCUT2D eigenvalue weighted by Gasteiger charge is 2.01. The molecule has 0 aliphatic heterocycles. The number of nitrogens with two attached hydrogens (primary N) is 1. The molecule has 0 bridgehead atoms. The highest BCUT2D eigenvalue weighted by Crippen LogP contribution is 2.11. The minimum Gasteiger partial charge on any atom is -0.395 e. The predicted molar refractivity (Wildman–Crippen MR) is 64.3 cm³/mol. The largest absolute Gasteiger partial charge is 0.395 e. The van der Waals surface area contributed by atoms with Gasteiger partial charge in [0.15, 0.2) is 0 Å². The molecule has 0 aromatic heterocycles. The average molecular weight is 260 g/mol. The minimum absolute atomic E-state index is 0.0378. The molecule has 0 saturated heterocycles. The Balaban J connectivity index is 0.000000791. The zero-order chi connectivity index (χ0) is 11.0. The molecule has 1 atom stereocenters. The second kappa shape index (κ2) is 7.97. The molecule has 0 spiro atoms. The highest BCUT2D eigenvalue weighted by molar-refractivity contribution is 9.10. The van der Waals surface area contributed by atoms with Crippen LogP contribution in [0.3, 0.4) is 0 Å². The molecule has 1 rings (SSSR count). The topological polar surface area (TPSA) is 46.2 Å². The van der Waals surface area contributed by atoms with E-state index >= 15 is 0 Å². The third kappa shape index (κ3) is 5.37. The molecule has 1 aromatic rings. The molecule has 0 amide bonds. The van der Waals surface area contributed by atoms with Crippen molar-refractivity contribution in [3.05, 3.63) is 34.3 Å². The molecule has 14 heavy (non-hydrogen) atoms. The van der Waals surface area contributed by atoms with Crippen LogP contribution in [-0.4, -0.2) is 17.8 Å². The SMILES string of the molecule is CC.NC(CO)Cc1ccc(Br)cc1. The summed E-state index contributed by atoms with van der Waals surface area (Å²) in [5.41, 5.74) is 6.73. The van der Waals surface area contributed by atoms with Gasteiger partial charge in [-0.25, -0.2) is 0 Å². The lowest BCUT2D eigenvalue weighted by Crippen LogP contribution is -2.26. The maximum atomic E-state index is 8.72. The Morgan fingerprint density at radius 2 is 1.79 bits per heavy atom. The normalized spacial score (nSPS) is 11.5. The van der Waals surface area contributed by atoms with Crippen molar-refractivity contribution >= 4 is 15.9 Å². The van der Waals surface area contributed by atoms with Gasteiger partial charge in [-0.2, -0.15) is 0 Å². The van der Waals surface area contributed by atoms with E-state index in [2.05, 4.69) is 15.9 Å². The van der Waals surface area contributed by atoms with E-state index in [4.69, 9.17) is 10.8 Å². The third-order valence-electron chi connectivity index (χ3n) is 1.65. The molecule has 3 N–H and O–H groups in total. The van der Waals surface area contributed by atoms with Gasteiger partial charge in [0.2, 0.25) is 0 Å². The number of halogens is 1. The van der Waals surface area contributed by atoms with E-state index in [0.717, 1.165) is 16.5 Å². The third-order valence-corrected chi connectivity index (χ3v) is 2.17. The first kappa shape index (κ1) is 13.6. The summed E-state index contributed by atoms with van der Waals surface area (Å²) in [5, 5.41) is 8.72. The molecule has 3 heteroatoms. The Kier molecular flexibility index (Phi) is 7.76. The Labute approximate surface area is 94.3 Å². The number of hydrogen-bond acceptors (Lipinski definition) is 2. The number of aliphatic hydroxyl groups excluding tert-OH is 1. The number of benzene rings is 1. The van der Waals surface area contributed by atoms with E-state index in [1.807, 2.05) is 38.1 Å². The van der Waals surface area contributed by atoms with E-state index in [1.54, 1.807) is 0 Å². The summed E-state index contributed by atoms with van der Waals surface area (Å²) in [6.07, 6.45) is 0.726. The van der Waals surface area contributed by atoms with Gasteiger partial charge in [0.05, 0.1) is 6.61 Å². The Morgan fingerprint density at radius 1 is 1.29 bits per heavy atom. The minimum atomic E-state index is -0.147. The monoisotopic (exact) mass is 259 g/mol. The van der Waals surface area contributed by atoms with Crippen LogP contribution in [0.1, 0.15) is 19.4 Å². The lowest BCUT2D eigenvalue weighted by atomic mass is 10.1. The van der Waals surface area contributed by atoms with Crippen LogP contribution in [0.25, 0.3) is 0 Å². The lowest BCUT2D eigenvalue weighted by molar-refractivity contribution is 0.265. The van der Waals surface area contributed by atoms with Crippen LogP contribution in [0, 0.1) is 0 Å². The summed E-state index contributed by atoms with van der Waals surface area (Å²) in [5.74, 6) is 0.